The molecule has 1 heterocycles. The topological polar surface area (TPSA) is 22.1 Å². The fourth-order valence-electron chi connectivity index (χ4n) is 1.56. The van der Waals surface area contributed by atoms with Crippen molar-refractivity contribution in [1.29, 1.82) is 0 Å². The maximum Gasteiger partial charge on any atom is 0.141 e. The third-order valence-corrected chi connectivity index (χ3v) is 2.93. The van der Waals surface area contributed by atoms with Crippen LogP contribution < -0.4 is 4.74 Å². The summed E-state index contributed by atoms with van der Waals surface area (Å²) in [5.74, 6) is 0.843. The van der Waals surface area contributed by atoms with Gasteiger partial charge in [-0.05, 0) is 34.5 Å². The number of ether oxygens (including phenoxy) is 1. The molecule has 0 aliphatic heterocycles. The van der Waals surface area contributed by atoms with Crippen LogP contribution in [-0.2, 0) is 6.42 Å². The van der Waals surface area contributed by atoms with Crippen molar-refractivity contribution in [3.63, 3.8) is 0 Å². The molecule has 1 aromatic heterocycles. The Kier molecular flexibility index (Phi) is 7.19. The van der Waals surface area contributed by atoms with Gasteiger partial charge in [0.25, 0.3) is 0 Å². The van der Waals surface area contributed by atoms with E-state index in [-0.39, 0.29) is 0 Å². The first kappa shape index (κ1) is 15.7. The first-order chi connectivity index (χ1) is 9.25. The van der Waals surface area contributed by atoms with Gasteiger partial charge < -0.3 is 4.74 Å². The maximum atomic E-state index is 5.73. The first-order valence-electron chi connectivity index (χ1n) is 6.54. The van der Waals surface area contributed by atoms with Gasteiger partial charge in [-0.15, -0.1) is 0 Å². The van der Waals surface area contributed by atoms with Gasteiger partial charge in [-0.1, -0.05) is 44.2 Å². The summed E-state index contributed by atoms with van der Waals surface area (Å²) in [5.41, 5.74) is 2.20. The average molecular weight is 322 g/mol. The molecule has 0 spiro atoms. The Morgan fingerprint density at radius 1 is 1.16 bits per heavy atom. The molecule has 0 aliphatic rings. The van der Waals surface area contributed by atoms with Crippen molar-refractivity contribution < 1.29 is 4.74 Å². The highest BCUT2D eigenvalue weighted by Gasteiger charge is 2.01. The van der Waals surface area contributed by atoms with Crippen LogP contribution in [0.25, 0.3) is 0 Å². The Hall–Kier alpha value is -1.35. The van der Waals surface area contributed by atoms with Crippen LogP contribution in [0.1, 0.15) is 25.1 Å². The molecule has 2 nitrogen and oxygen atoms in total. The number of halogens is 1. The van der Waals surface area contributed by atoms with Crippen LogP contribution in [0.5, 0.6) is 5.75 Å². The molecule has 0 saturated carbocycles. The summed E-state index contributed by atoms with van der Waals surface area (Å²) >= 11 is 3.39. The van der Waals surface area contributed by atoms with E-state index >= 15 is 0 Å². The van der Waals surface area contributed by atoms with E-state index in [4.69, 9.17) is 4.74 Å². The van der Waals surface area contributed by atoms with Crippen molar-refractivity contribution in [1.82, 2.24) is 4.98 Å². The van der Waals surface area contributed by atoms with E-state index in [1.165, 1.54) is 5.56 Å². The Bertz CT molecular complexity index is 485. The molecule has 0 amide bonds. The smallest absolute Gasteiger partial charge is 0.141 e. The van der Waals surface area contributed by atoms with Gasteiger partial charge in [-0.25, -0.2) is 0 Å². The first-order valence-corrected chi connectivity index (χ1v) is 7.34. The van der Waals surface area contributed by atoms with Gasteiger partial charge in [0.05, 0.1) is 12.3 Å². The van der Waals surface area contributed by atoms with Gasteiger partial charge in [0.15, 0.2) is 0 Å². The fourth-order valence-corrected chi connectivity index (χ4v) is 1.87. The number of benzene rings is 1. The van der Waals surface area contributed by atoms with Crippen LogP contribution in [0, 0.1) is 6.92 Å². The standard InChI is InChI=1S/C14H14BrNO.C2H6/c1-11-14(9-13(15)10-16-11)17-8-7-12-5-3-2-4-6-12;1-2/h2-6,9-10H,7-8H2,1H3;1-2H3. The van der Waals surface area contributed by atoms with Crippen LogP contribution in [0.2, 0.25) is 0 Å². The lowest BCUT2D eigenvalue weighted by atomic mass is 10.2. The maximum absolute atomic E-state index is 5.73. The van der Waals surface area contributed by atoms with Gasteiger partial charge in [-0.3, -0.25) is 4.98 Å². The number of pyridine rings is 1. The Morgan fingerprint density at radius 3 is 2.53 bits per heavy atom. The van der Waals surface area contributed by atoms with E-state index in [2.05, 4.69) is 33.0 Å². The lowest BCUT2D eigenvalue weighted by molar-refractivity contribution is 0.318. The molecule has 0 bridgehead atoms. The van der Waals surface area contributed by atoms with Gasteiger partial charge in [0.2, 0.25) is 0 Å². The summed E-state index contributed by atoms with van der Waals surface area (Å²) in [6, 6.07) is 12.3. The van der Waals surface area contributed by atoms with Crippen LogP contribution >= 0.6 is 15.9 Å². The van der Waals surface area contributed by atoms with Gasteiger partial charge >= 0.3 is 0 Å². The Morgan fingerprint density at radius 2 is 1.84 bits per heavy atom. The molecule has 19 heavy (non-hydrogen) atoms. The summed E-state index contributed by atoms with van der Waals surface area (Å²) in [7, 11) is 0. The number of aryl methyl sites for hydroxylation is 1. The van der Waals surface area contributed by atoms with E-state index in [0.29, 0.717) is 6.61 Å². The van der Waals surface area contributed by atoms with Gasteiger partial charge in [-0.2, -0.15) is 0 Å². The SMILES string of the molecule is CC.Cc1ncc(Br)cc1OCCc1ccccc1. The molecule has 0 unspecified atom stereocenters. The van der Waals surface area contributed by atoms with E-state index in [1.54, 1.807) is 6.20 Å². The Balaban J connectivity index is 0.000000861. The second-order valence-corrected chi connectivity index (χ2v) is 4.74. The van der Waals surface area contributed by atoms with Crippen LogP contribution in [0.3, 0.4) is 0 Å². The zero-order chi connectivity index (χ0) is 14.1. The predicted octanol–water partition coefficient (Wildman–Crippen LogP) is 4.80. The summed E-state index contributed by atoms with van der Waals surface area (Å²) in [6.07, 6.45) is 2.69. The number of aromatic nitrogens is 1. The van der Waals surface area contributed by atoms with Crippen LogP contribution in [0.15, 0.2) is 47.1 Å². The summed E-state index contributed by atoms with van der Waals surface area (Å²) in [5, 5.41) is 0. The van der Waals surface area contributed by atoms with E-state index in [0.717, 1.165) is 22.3 Å². The van der Waals surface area contributed by atoms with Crippen molar-refractivity contribution in [2.75, 3.05) is 6.61 Å². The molecule has 0 fully saturated rings. The molecule has 2 aromatic rings. The second-order valence-electron chi connectivity index (χ2n) is 3.82. The minimum atomic E-state index is 0.670. The predicted molar refractivity (Wildman–Crippen MR) is 83.7 cm³/mol. The Labute approximate surface area is 124 Å². The van der Waals surface area contributed by atoms with E-state index in [1.807, 2.05) is 45.0 Å². The molecule has 0 atom stereocenters. The summed E-state index contributed by atoms with van der Waals surface area (Å²) in [4.78, 5) is 4.23. The zero-order valence-corrected chi connectivity index (χ0v) is 13.3. The molecule has 3 heteroatoms. The minimum Gasteiger partial charge on any atom is -0.491 e. The van der Waals surface area contributed by atoms with E-state index < -0.39 is 0 Å². The quantitative estimate of drug-likeness (QED) is 0.806. The number of hydrogen-bond acceptors (Lipinski definition) is 2. The highest BCUT2D eigenvalue weighted by Crippen LogP contribution is 2.20. The van der Waals surface area contributed by atoms with Crippen molar-refractivity contribution in [2.45, 2.75) is 27.2 Å². The third-order valence-electron chi connectivity index (χ3n) is 2.50. The molecule has 0 N–H and O–H groups in total. The third kappa shape index (κ3) is 5.43. The molecule has 0 saturated heterocycles. The second kappa shape index (κ2) is 8.70. The normalized spacial score (nSPS) is 9.47. The molecular weight excluding hydrogens is 302 g/mol. The molecule has 1 aromatic carbocycles. The lowest BCUT2D eigenvalue weighted by Gasteiger charge is -2.08. The fraction of sp³-hybridized carbons (Fsp3) is 0.312. The molecule has 2 rings (SSSR count). The van der Waals surface area contributed by atoms with Crippen LogP contribution in [-0.4, -0.2) is 11.6 Å². The monoisotopic (exact) mass is 321 g/mol. The lowest BCUT2D eigenvalue weighted by Crippen LogP contribution is -2.03. The van der Waals surface area contributed by atoms with Crippen molar-refractivity contribution in [3.05, 3.63) is 58.3 Å². The highest BCUT2D eigenvalue weighted by molar-refractivity contribution is 9.10. The number of nitrogens with zero attached hydrogens (tertiary/aromatic N) is 1. The van der Waals surface area contributed by atoms with Crippen LogP contribution in [0.4, 0.5) is 0 Å². The molecule has 0 aliphatic carbocycles. The number of hydrogen-bond donors (Lipinski definition) is 0. The van der Waals surface area contributed by atoms with Gasteiger partial charge in [0.1, 0.15) is 5.75 Å². The average Bonchev–Trinajstić information content (AvgIpc) is 2.46. The van der Waals surface area contributed by atoms with Crippen molar-refractivity contribution in [2.24, 2.45) is 0 Å². The molecular formula is C16H20BrNO. The summed E-state index contributed by atoms with van der Waals surface area (Å²) < 4.78 is 6.67. The molecule has 0 radical (unpaired) electrons. The highest BCUT2D eigenvalue weighted by atomic mass is 79.9. The minimum absolute atomic E-state index is 0.670. The number of rotatable bonds is 4. The zero-order valence-electron chi connectivity index (χ0n) is 11.7. The summed E-state index contributed by atoms with van der Waals surface area (Å²) in [6.45, 7) is 6.62. The van der Waals surface area contributed by atoms with Crippen molar-refractivity contribution >= 4 is 15.9 Å². The molecule has 102 valence electrons. The largest absolute Gasteiger partial charge is 0.491 e. The van der Waals surface area contributed by atoms with E-state index in [9.17, 15) is 0 Å². The van der Waals surface area contributed by atoms with Crippen molar-refractivity contribution in [3.8, 4) is 5.75 Å². The van der Waals surface area contributed by atoms with Gasteiger partial charge in [0, 0.05) is 17.1 Å².